The van der Waals surface area contributed by atoms with E-state index in [4.69, 9.17) is 4.74 Å². The molecule has 0 saturated carbocycles. The minimum absolute atomic E-state index is 0.0104. The lowest BCUT2D eigenvalue weighted by atomic mass is 10.0. The zero-order chi connectivity index (χ0) is 24.8. The van der Waals surface area contributed by atoms with Crippen LogP contribution < -0.4 is 5.32 Å². The average Bonchev–Trinajstić information content (AvgIpc) is 3.20. The first kappa shape index (κ1) is 24.6. The molecule has 1 N–H and O–H groups in total. The minimum atomic E-state index is -0.445. The molecule has 1 aromatic heterocycles. The van der Waals surface area contributed by atoms with E-state index in [1.807, 2.05) is 77.4 Å². The predicted octanol–water partition coefficient (Wildman–Crippen LogP) is 4.30. The standard InChI is InChI=1S/C27H29N3O4S/c1-3-34-27(33)24-23(20-10-6-4-7-11-20)19(2)35-25(24)28-22(31)18-29-14-16-30(17-15-29)26(32)21-12-8-5-9-13-21/h4-13H,3,14-18H2,1-2H3,(H,28,31). The van der Waals surface area contributed by atoms with E-state index in [1.165, 1.54) is 11.3 Å². The lowest BCUT2D eigenvalue weighted by Crippen LogP contribution is -2.50. The fourth-order valence-electron chi connectivity index (χ4n) is 4.22. The van der Waals surface area contributed by atoms with Crippen molar-refractivity contribution < 1.29 is 19.1 Å². The molecule has 0 spiro atoms. The highest BCUT2D eigenvalue weighted by molar-refractivity contribution is 7.17. The molecule has 3 aromatic rings. The molecule has 0 radical (unpaired) electrons. The van der Waals surface area contributed by atoms with E-state index in [0.29, 0.717) is 42.3 Å². The molecular weight excluding hydrogens is 462 g/mol. The maximum absolute atomic E-state index is 12.9. The summed E-state index contributed by atoms with van der Waals surface area (Å²) >= 11 is 1.38. The zero-order valence-corrected chi connectivity index (χ0v) is 20.8. The summed E-state index contributed by atoms with van der Waals surface area (Å²) in [7, 11) is 0. The minimum Gasteiger partial charge on any atom is -0.462 e. The molecule has 0 atom stereocenters. The highest BCUT2D eigenvalue weighted by atomic mass is 32.1. The Balaban J connectivity index is 1.42. The number of amides is 2. The van der Waals surface area contributed by atoms with Crippen LogP contribution >= 0.6 is 11.3 Å². The molecule has 8 heteroatoms. The average molecular weight is 492 g/mol. The number of hydrogen-bond donors (Lipinski definition) is 1. The van der Waals surface area contributed by atoms with Crippen molar-refractivity contribution in [1.82, 2.24) is 9.80 Å². The van der Waals surface area contributed by atoms with Crippen LogP contribution in [0.2, 0.25) is 0 Å². The van der Waals surface area contributed by atoms with Crippen LogP contribution in [0.4, 0.5) is 5.00 Å². The highest BCUT2D eigenvalue weighted by Gasteiger charge is 2.27. The van der Waals surface area contributed by atoms with E-state index in [0.717, 1.165) is 16.0 Å². The Bertz CT molecular complexity index is 1190. The topological polar surface area (TPSA) is 79.0 Å². The molecule has 1 aliphatic heterocycles. The van der Waals surface area contributed by atoms with Crippen molar-refractivity contribution in [1.29, 1.82) is 0 Å². The van der Waals surface area contributed by atoms with E-state index in [2.05, 4.69) is 5.32 Å². The van der Waals surface area contributed by atoms with E-state index in [9.17, 15) is 14.4 Å². The van der Waals surface area contributed by atoms with Crippen molar-refractivity contribution in [3.05, 3.63) is 76.7 Å². The Morgan fingerprint density at radius 2 is 1.57 bits per heavy atom. The normalized spacial score (nSPS) is 13.9. The smallest absolute Gasteiger partial charge is 0.341 e. The Morgan fingerprint density at radius 1 is 0.943 bits per heavy atom. The summed E-state index contributed by atoms with van der Waals surface area (Å²) in [5, 5.41) is 3.45. The molecule has 1 saturated heterocycles. The van der Waals surface area contributed by atoms with Crippen molar-refractivity contribution in [3.8, 4) is 11.1 Å². The van der Waals surface area contributed by atoms with Gasteiger partial charge in [0.2, 0.25) is 5.91 Å². The number of carbonyl (C=O) groups excluding carboxylic acids is 3. The quantitative estimate of drug-likeness (QED) is 0.499. The van der Waals surface area contributed by atoms with Gasteiger partial charge in [0.15, 0.2) is 0 Å². The molecule has 2 heterocycles. The van der Waals surface area contributed by atoms with Gasteiger partial charge in [-0.05, 0) is 31.5 Å². The van der Waals surface area contributed by atoms with Crippen LogP contribution in [0.1, 0.15) is 32.5 Å². The lowest BCUT2D eigenvalue weighted by Gasteiger charge is -2.34. The van der Waals surface area contributed by atoms with E-state index >= 15 is 0 Å². The van der Waals surface area contributed by atoms with Crippen molar-refractivity contribution in [2.24, 2.45) is 0 Å². The van der Waals surface area contributed by atoms with Gasteiger partial charge < -0.3 is 15.0 Å². The van der Waals surface area contributed by atoms with Gasteiger partial charge in [0.05, 0.1) is 13.2 Å². The van der Waals surface area contributed by atoms with Crippen LogP contribution in [0, 0.1) is 6.92 Å². The number of nitrogens with one attached hydrogen (secondary N) is 1. The third-order valence-electron chi connectivity index (χ3n) is 5.93. The number of hydrogen-bond acceptors (Lipinski definition) is 6. The largest absolute Gasteiger partial charge is 0.462 e. The fraction of sp³-hybridized carbons (Fsp3) is 0.296. The van der Waals surface area contributed by atoms with Crippen LogP contribution in [0.3, 0.4) is 0 Å². The Hall–Kier alpha value is -3.49. The van der Waals surface area contributed by atoms with E-state index in [1.54, 1.807) is 6.92 Å². The summed E-state index contributed by atoms with van der Waals surface area (Å²) in [6, 6.07) is 18.9. The Labute approximate surface area is 209 Å². The van der Waals surface area contributed by atoms with Crippen molar-refractivity contribution in [2.45, 2.75) is 13.8 Å². The van der Waals surface area contributed by atoms with Crippen molar-refractivity contribution in [2.75, 3.05) is 44.6 Å². The number of anilines is 1. The number of piperazine rings is 1. The predicted molar refractivity (Wildman–Crippen MR) is 138 cm³/mol. The maximum atomic E-state index is 12.9. The van der Waals surface area contributed by atoms with Crippen LogP contribution in [-0.4, -0.2) is 66.9 Å². The van der Waals surface area contributed by atoms with Gasteiger partial charge in [-0.25, -0.2) is 4.79 Å². The molecule has 35 heavy (non-hydrogen) atoms. The Kier molecular flexibility index (Phi) is 7.94. The van der Waals surface area contributed by atoms with Crippen LogP contribution in [0.5, 0.6) is 0 Å². The number of nitrogens with zero attached hydrogens (tertiary/aromatic N) is 2. The van der Waals surface area contributed by atoms with Gasteiger partial charge in [-0.3, -0.25) is 14.5 Å². The first-order valence-electron chi connectivity index (χ1n) is 11.7. The molecule has 1 aliphatic rings. The van der Waals surface area contributed by atoms with Gasteiger partial charge in [-0.2, -0.15) is 0 Å². The maximum Gasteiger partial charge on any atom is 0.341 e. The summed E-state index contributed by atoms with van der Waals surface area (Å²) in [4.78, 5) is 43.2. The van der Waals surface area contributed by atoms with Crippen LogP contribution in [0.25, 0.3) is 11.1 Å². The highest BCUT2D eigenvalue weighted by Crippen LogP contribution is 2.40. The second-order valence-electron chi connectivity index (χ2n) is 8.31. The molecule has 2 aromatic carbocycles. The molecular formula is C27H29N3O4S. The van der Waals surface area contributed by atoms with Crippen LogP contribution in [0.15, 0.2) is 60.7 Å². The monoisotopic (exact) mass is 491 g/mol. The first-order valence-corrected chi connectivity index (χ1v) is 12.5. The number of aryl methyl sites for hydroxylation is 1. The first-order chi connectivity index (χ1) is 17.0. The van der Waals surface area contributed by atoms with Gasteiger partial charge in [0.25, 0.3) is 5.91 Å². The number of rotatable bonds is 7. The molecule has 0 aliphatic carbocycles. The SMILES string of the molecule is CCOC(=O)c1c(NC(=O)CN2CCN(C(=O)c3ccccc3)CC2)sc(C)c1-c1ccccc1. The third-order valence-corrected chi connectivity index (χ3v) is 6.95. The summed E-state index contributed by atoms with van der Waals surface area (Å²) in [6.07, 6.45) is 0. The summed E-state index contributed by atoms with van der Waals surface area (Å²) in [6.45, 7) is 6.48. The van der Waals surface area contributed by atoms with Crippen molar-refractivity contribution >= 4 is 34.1 Å². The van der Waals surface area contributed by atoms with Crippen LogP contribution in [-0.2, 0) is 9.53 Å². The van der Waals surface area contributed by atoms with Gasteiger partial charge >= 0.3 is 5.97 Å². The fourth-order valence-corrected chi connectivity index (χ4v) is 5.31. The molecule has 7 nitrogen and oxygen atoms in total. The number of thiophene rings is 1. The molecule has 2 amide bonds. The Morgan fingerprint density at radius 3 is 2.20 bits per heavy atom. The number of carbonyl (C=O) groups is 3. The number of benzene rings is 2. The van der Waals surface area contributed by atoms with Gasteiger partial charge in [-0.15, -0.1) is 11.3 Å². The molecule has 182 valence electrons. The molecule has 1 fully saturated rings. The second-order valence-corrected chi connectivity index (χ2v) is 9.53. The second kappa shape index (κ2) is 11.3. The van der Waals surface area contributed by atoms with Crippen molar-refractivity contribution in [3.63, 3.8) is 0 Å². The van der Waals surface area contributed by atoms with E-state index in [-0.39, 0.29) is 25.0 Å². The lowest BCUT2D eigenvalue weighted by molar-refractivity contribution is -0.117. The van der Waals surface area contributed by atoms with Gasteiger partial charge in [-0.1, -0.05) is 48.5 Å². The molecule has 0 unspecified atom stereocenters. The van der Waals surface area contributed by atoms with Gasteiger partial charge in [0.1, 0.15) is 10.6 Å². The zero-order valence-electron chi connectivity index (χ0n) is 20.0. The molecule has 0 bridgehead atoms. The molecule has 4 rings (SSSR count). The summed E-state index contributed by atoms with van der Waals surface area (Å²) in [5.74, 6) is -0.630. The summed E-state index contributed by atoms with van der Waals surface area (Å²) < 4.78 is 5.31. The number of esters is 1. The van der Waals surface area contributed by atoms with Gasteiger partial charge in [0, 0.05) is 42.2 Å². The van der Waals surface area contributed by atoms with E-state index < -0.39 is 5.97 Å². The third kappa shape index (κ3) is 5.78. The number of ether oxygens (including phenoxy) is 1. The summed E-state index contributed by atoms with van der Waals surface area (Å²) in [5.41, 5.74) is 2.76.